The van der Waals surface area contributed by atoms with E-state index in [0.29, 0.717) is 15.9 Å². The molecule has 0 aliphatic heterocycles. The smallest absolute Gasteiger partial charge is 0.258 e. The van der Waals surface area contributed by atoms with Crippen LogP contribution in [0.25, 0.3) is 0 Å². The van der Waals surface area contributed by atoms with Gasteiger partial charge in [0.1, 0.15) is 4.60 Å². The lowest BCUT2D eigenvalue weighted by molar-refractivity contribution is 0.100. The molecule has 96 valence electrons. The molecule has 1 aromatic carbocycles. The number of carbonyl (C=O) groups is 2. The Hall–Kier alpha value is -2.21. The molecule has 1 aromatic heterocycles. The van der Waals surface area contributed by atoms with Gasteiger partial charge in [-0.3, -0.25) is 9.59 Å². The fraction of sp³-hybridized carbons (Fsp3) is 0. The van der Waals surface area contributed by atoms with Crippen molar-refractivity contribution in [3.8, 4) is 0 Å². The fourth-order valence-electron chi connectivity index (χ4n) is 1.55. The molecule has 0 saturated heterocycles. The number of aromatic nitrogens is 1. The van der Waals surface area contributed by atoms with Crippen LogP contribution in [0.5, 0.6) is 0 Å². The highest BCUT2D eigenvalue weighted by molar-refractivity contribution is 9.10. The lowest BCUT2D eigenvalue weighted by Gasteiger charge is -2.09. The highest BCUT2D eigenvalue weighted by atomic mass is 79.9. The zero-order chi connectivity index (χ0) is 13.8. The quantitative estimate of drug-likeness (QED) is 0.850. The molecule has 0 radical (unpaired) electrons. The number of primary amides is 1. The second-order valence-electron chi connectivity index (χ2n) is 3.71. The first-order valence-electron chi connectivity index (χ1n) is 5.40. The van der Waals surface area contributed by atoms with Gasteiger partial charge >= 0.3 is 0 Å². The predicted octanol–water partition coefficient (Wildman–Crippen LogP) is 2.20. The molecule has 19 heavy (non-hydrogen) atoms. The van der Waals surface area contributed by atoms with Gasteiger partial charge < -0.3 is 11.1 Å². The molecule has 2 amide bonds. The molecular formula is C13H10BrN3O2. The number of anilines is 1. The van der Waals surface area contributed by atoms with Crippen LogP contribution in [0.2, 0.25) is 0 Å². The van der Waals surface area contributed by atoms with Crippen LogP contribution in [-0.4, -0.2) is 16.8 Å². The van der Waals surface area contributed by atoms with E-state index in [4.69, 9.17) is 5.73 Å². The largest absolute Gasteiger partial charge is 0.366 e. The molecule has 0 spiro atoms. The lowest BCUT2D eigenvalue weighted by atomic mass is 10.1. The Kier molecular flexibility index (Phi) is 3.91. The first-order valence-corrected chi connectivity index (χ1v) is 6.19. The number of halogens is 1. The van der Waals surface area contributed by atoms with Gasteiger partial charge in [-0.1, -0.05) is 12.1 Å². The van der Waals surface area contributed by atoms with E-state index in [1.54, 1.807) is 42.6 Å². The van der Waals surface area contributed by atoms with Crippen molar-refractivity contribution < 1.29 is 9.59 Å². The first kappa shape index (κ1) is 13.2. The summed E-state index contributed by atoms with van der Waals surface area (Å²) in [5, 5.41) is 2.64. The summed E-state index contributed by atoms with van der Waals surface area (Å²) in [5.41, 5.74) is 6.25. The van der Waals surface area contributed by atoms with Crippen molar-refractivity contribution in [2.75, 3.05) is 5.32 Å². The van der Waals surface area contributed by atoms with Crippen LogP contribution in [0.1, 0.15) is 20.7 Å². The molecule has 1 heterocycles. The summed E-state index contributed by atoms with van der Waals surface area (Å²) in [5.74, 6) is -0.963. The summed E-state index contributed by atoms with van der Waals surface area (Å²) in [6.07, 6.45) is 1.57. The summed E-state index contributed by atoms with van der Waals surface area (Å²) >= 11 is 3.19. The van der Waals surface area contributed by atoms with Gasteiger partial charge in [-0.15, -0.1) is 0 Å². The molecule has 0 unspecified atom stereocenters. The molecule has 5 nitrogen and oxygen atoms in total. The van der Waals surface area contributed by atoms with E-state index in [9.17, 15) is 9.59 Å². The molecule has 0 atom stereocenters. The molecule has 0 saturated carbocycles. The maximum atomic E-state index is 12.1. The number of nitrogens with zero attached hydrogens (tertiary/aromatic N) is 1. The maximum Gasteiger partial charge on any atom is 0.258 e. The van der Waals surface area contributed by atoms with Crippen LogP contribution in [0.4, 0.5) is 5.69 Å². The third-order valence-corrected chi connectivity index (χ3v) is 3.08. The van der Waals surface area contributed by atoms with Gasteiger partial charge in [-0.25, -0.2) is 4.98 Å². The van der Waals surface area contributed by atoms with E-state index in [1.165, 1.54) is 0 Å². The van der Waals surface area contributed by atoms with Crippen molar-refractivity contribution in [3.05, 3.63) is 58.3 Å². The fourth-order valence-corrected chi connectivity index (χ4v) is 1.98. The third kappa shape index (κ3) is 2.97. The van der Waals surface area contributed by atoms with Crippen molar-refractivity contribution in [2.24, 2.45) is 5.73 Å². The van der Waals surface area contributed by atoms with Crippen molar-refractivity contribution >= 4 is 33.4 Å². The molecule has 0 bridgehead atoms. The van der Waals surface area contributed by atoms with Gasteiger partial charge in [0.05, 0.1) is 16.8 Å². The second-order valence-corrected chi connectivity index (χ2v) is 4.46. The van der Waals surface area contributed by atoms with E-state index >= 15 is 0 Å². The van der Waals surface area contributed by atoms with Gasteiger partial charge in [-0.2, -0.15) is 0 Å². The van der Waals surface area contributed by atoms with E-state index in [-0.39, 0.29) is 11.5 Å². The van der Waals surface area contributed by atoms with Crippen LogP contribution < -0.4 is 11.1 Å². The highest BCUT2D eigenvalue weighted by Gasteiger charge is 2.14. The monoisotopic (exact) mass is 319 g/mol. The number of hydrogen-bond donors (Lipinski definition) is 2. The van der Waals surface area contributed by atoms with Crippen molar-refractivity contribution in [1.82, 2.24) is 4.98 Å². The number of carbonyl (C=O) groups excluding carboxylic acids is 2. The van der Waals surface area contributed by atoms with Crippen LogP contribution >= 0.6 is 15.9 Å². The maximum absolute atomic E-state index is 12.1. The number of para-hydroxylation sites is 1. The minimum Gasteiger partial charge on any atom is -0.366 e. The van der Waals surface area contributed by atoms with Gasteiger partial charge in [0.25, 0.3) is 11.8 Å². The Bertz CT molecular complexity index is 643. The van der Waals surface area contributed by atoms with Gasteiger partial charge in [-0.05, 0) is 40.2 Å². The Labute approximate surface area is 118 Å². The van der Waals surface area contributed by atoms with E-state index in [0.717, 1.165) is 0 Å². The average Bonchev–Trinajstić information content (AvgIpc) is 2.39. The normalized spacial score (nSPS) is 9.95. The Morgan fingerprint density at radius 2 is 1.79 bits per heavy atom. The number of amides is 2. The Morgan fingerprint density at radius 1 is 1.11 bits per heavy atom. The first-order chi connectivity index (χ1) is 9.09. The Morgan fingerprint density at radius 3 is 2.47 bits per heavy atom. The zero-order valence-corrected chi connectivity index (χ0v) is 11.3. The van der Waals surface area contributed by atoms with Gasteiger partial charge in [0.15, 0.2) is 0 Å². The number of rotatable bonds is 3. The SMILES string of the molecule is NC(=O)c1ccccc1NC(=O)c1cccnc1Br. The van der Waals surface area contributed by atoms with Gasteiger partial charge in [0.2, 0.25) is 0 Å². The molecule has 0 aliphatic rings. The number of benzene rings is 1. The molecule has 2 aromatic rings. The molecule has 0 fully saturated rings. The molecule has 0 aliphatic carbocycles. The number of nitrogens with one attached hydrogen (secondary N) is 1. The highest BCUT2D eigenvalue weighted by Crippen LogP contribution is 2.18. The lowest BCUT2D eigenvalue weighted by Crippen LogP contribution is -2.18. The molecule has 3 N–H and O–H groups in total. The zero-order valence-electron chi connectivity index (χ0n) is 9.76. The minimum absolute atomic E-state index is 0.260. The second kappa shape index (κ2) is 5.62. The van der Waals surface area contributed by atoms with Crippen LogP contribution in [0.3, 0.4) is 0 Å². The van der Waals surface area contributed by atoms with Crippen molar-refractivity contribution in [3.63, 3.8) is 0 Å². The predicted molar refractivity (Wildman–Crippen MR) is 74.9 cm³/mol. The Balaban J connectivity index is 2.30. The standard InChI is InChI=1S/C13H10BrN3O2/c14-11-9(5-3-7-16-11)13(19)17-10-6-2-1-4-8(10)12(15)18/h1-7H,(H2,15,18)(H,17,19). The summed E-state index contributed by atoms with van der Waals surface area (Å²) < 4.78 is 0.434. The van der Waals surface area contributed by atoms with Crippen LogP contribution in [-0.2, 0) is 0 Å². The summed E-state index contributed by atoms with van der Waals surface area (Å²) in [6, 6.07) is 9.83. The summed E-state index contributed by atoms with van der Waals surface area (Å²) in [4.78, 5) is 27.3. The van der Waals surface area contributed by atoms with Crippen molar-refractivity contribution in [1.29, 1.82) is 0 Å². The van der Waals surface area contributed by atoms with E-state index in [1.807, 2.05) is 0 Å². The average molecular weight is 320 g/mol. The summed E-state index contributed by atoms with van der Waals surface area (Å²) in [6.45, 7) is 0. The van der Waals surface area contributed by atoms with Crippen LogP contribution in [0.15, 0.2) is 47.2 Å². The molecule has 2 rings (SSSR count). The number of hydrogen-bond acceptors (Lipinski definition) is 3. The molecular weight excluding hydrogens is 310 g/mol. The van der Waals surface area contributed by atoms with E-state index < -0.39 is 5.91 Å². The minimum atomic E-state index is -0.596. The number of nitrogens with two attached hydrogens (primary N) is 1. The molecule has 6 heteroatoms. The topological polar surface area (TPSA) is 85.1 Å². The number of pyridine rings is 1. The summed E-state index contributed by atoms with van der Waals surface area (Å²) in [7, 11) is 0. The third-order valence-electron chi connectivity index (χ3n) is 2.44. The van der Waals surface area contributed by atoms with Crippen LogP contribution in [0, 0.1) is 0 Å². The van der Waals surface area contributed by atoms with Gasteiger partial charge in [0, 0.05) is 6.20 Å². The van der Waals surface area contributed by atoms with Crippen molar-refractivity contribution in [2.45, 2.75) is 0 Å². The van der Waals surface area contributed by atoms with E-state index in [2.05, 4.69) is 26.2 Å².